The van der Waals surface area contributed by atoms with Gasteiger partial charge in [0, 0.05) is 23.7 Å². The van der Waals surface area contributed by atoms with Crippen LogP contribution in [0.2, 0.25) is 0 Å². The summed E-state index contributed by atoms with van der Waals surface area (Å²) in [5.74, 6) is -1.87. The Morgan fingerprint density at radius 2 is 1.91 bits per heavy atom. The van der Waals surface area contributed by atoms with Gasteiger partial charge in [-0.2, -0.15) is 0 Å². The summed E-state index contributed by atoms with van der Waals surface area (Å²) in [4.78, 5) is 25.1. The summed E-state index contributed by atoms with van der Waals surface area (Å²) in [5, 5.41) is 8.69. The third kappa shape index (κ3) is 5.16. The second kappa shape index (κ2) is 9.95. The van der Waals surface area contributed by atoms with Crippen molar-refractivity contribution in [2.24, 2.45) is 5.92 Å². The van der Waals surface area contributed by atoms with Gasteiger partial charge in [-0.15, -0.1) is 0 Å². The second-order valence-corrected chi connectivity index (χ2v) is 7.93. The van der Waals surface area contributed by atoms with Crippen LogP contribution in [-0.2, 0) is 4.74 Å². The second-order valence-electron chi connectivity index (χ2n) is 7.93. The SMILES string of the molecule is O=C(N[C@H]1CCOc2c(C(=O)Nc3ccc(F)c(F)c3)cccc21)OCC1CCNCC1. The van der Waals surface area contributed by atoms with E-state index in [0.717, 1.165) is 38.1 Å². The van der Waals surface area contributed by atoms with Gasteiger partial charge in [0.25, 0.3) is 5.91 Å². The summed E-state index contributed by atoms with van der Waals surface area (Å²) >= 11 is 0. The van der Waals surface area contributed by atoms with Crippen molar-refractivity contribution < 1.29 is 27.8 Å². The largest absolute Gasteiger partial charge is 0.492 e. The van der Waals surface area contributed by atoms with Gasteiger partial charge in [0.2, 0.25) is 0 Å². The number of carbonyl (C=O) groups excluding carboxylic acids is 2. The monoisotopic (exact) mass is 445 g/mol. The van der Waals surface area contributed by atoms with Crippen molar-refractivity contribution in [1.82, 2.24) is 10.6 Å². The Labute approximate surface area is 184 Å². The lowest BCUT2D eigenvalue weighted by Gasteiger charge is -2.28. The minimum Gasteiger partial charge on any atom is -0.492 e. The molecule has 4 rings (SSSR count). The Morgan fingerprint density at radius 1 is 1.09 bits per heavy atom. The van der Waals surface area contributed by atoms with Gasteiger partial charge in [-0.3, -0.25) is 4.79 Å². The molecule has 7 nitrogen and oxygen atoms in total. The first-order chi connectivity index (χ1) is 15.5. The molecular formula is C23H25F2N3O4. The predicted molar refractivity (Wildman–Crippen MR) is 114 cm³/mol. The quantitative estimate of drug-likeness (QED) is 0.652. The first-order valence-electron chi connectivity index (χ1n) is 10.7. The summed E-state index contributed by atoms with van der Waals surface area (Å²) in [6.45, 7) is 2.54. The Morgan fingerprint density at radius 3 is 2.69 bits per heavy atom. The fourth-order valence-corrected chi connectivity index (χ4v) is 3.95. The van der Waals surface area contributed by atoms with Crippen molar-refractivity contribution in [2.45, 2.75) is 25.3 Å². The molecule has 2 aromatic carbocycles. The average Bonchev–Trinajstić information content (AvgIpc) is 2.80. The zero-order valence-electron chi connectivity index (χ0n) is 17.5. The number of para-hydroxylation sites is 1. The summed E-state index contributed by atoms with van der Waals surface area (Å²) < 4.78 is 37.7. The molecule has 0 bridgehead atoms. The molecule has 0 spiro atoms. The number of carbonyl (C=O) groups is 2. The van der Waals surface area contributed by atoms with E-state index in [1.54, 1.807) is 18.2 Å². The molecule has 0 saturated carbocycles. The zero-order chi connectivity index (χ0) is 22.5. The van der Waals surface area contributed by atoms with Gasteiger partial charge in [-0.1, -0.05) is 12.1 Å². The highest BCUT2D eigenvalue weighted by Crippen LogP contribution is 2.35. The molecule has 32 heavy (non-hydrogen) atoms. The first kappa shape index (κ1) is 22.0. The highest BCUT2D eigenvalue weighted by Gasteiger charge is 2.28. The van der Waals surface area contributed by atoms with E-state index in [0.29, 0.717) is 36.9 Å². The lowest BCUT2D eigenvalue weighted by Crippen LogP contribution is -2.35. The van der Waals surface area contributed by atoms with Crippen LogP contribution < -0.4 is 20.7 Å². The number of piperidine rings is 1. The van der Waals surface area contributed by atoms with E-state index >= 15 is 0 Å². The number of alkyl carbamates (subject to hydrolysis) is 1. The van der Waals surface area contributed by atoms with Crippen molar-refractivity contribution >= 4 is 17.7 Å². The number of hydrogen-bond acceptors (Lipinski definition) is 5. The number of anilines is 1. The summed E-state index contributed by atoms with van der Waals surface area (Å²) in [5.41, 5.74) is 1.02. The lowest BCUT2D eigenvalue weighted by atomic mass is 9.97. The number of nitrogens with one attached hydrogen (secondary N) is 3. The van der Waals surface area contributed by atoms with Crippen molar-refractivity contribution in [3.63, 3.8) is 0 Å². The summed E-state index contributed by atoms with van der Waals surface area (Å²) in [7, 11) is 0. The number of fused-ring (bicyclic) bond motifs is 1. The standard InChI is InChI=1S/C23H25F2N3O4/c24-18-5-4-15(12-19(18)25)27-22(29)17-3-1-2-16-20(8-11-31-21(16)17)28-23(30)32-13-14-6-9-26-10-7-14/h1-5,12,14,20,26H,6-11,13H2,(H,27,29)(H,28,30)/t20-/m0/s1. The molecule has 0 unspecified atom stereocenters. The Hall–Kier alpha value is -3.20. The molecule has 2 heterocycles. The third-order valence-corrected chi connectivity index (χ3v) is 5.70. The van der Waals surface area contributed by atoms with Crippen LogP contribution in [0.3, 0.4) is 0 Å². The van der Waals surface area contributed by atoms with Crippen molar-refractivity contribution in [2.75, 3.05) is 31.6 Å². The molecule has 170 valence electrons. The van der Waals surface area contributed by atoms with Crippen LogP contribution in [0.25, 0.3) is 0 Å². The van der Waals surface area contributed by atoms with Crippen molar-refractivity contribution in [3.05, 3.63) is 59.2 Å². The highest BCUT2D eigenvalue weighted by atomic mass is 19.2. The van der Waals surface area contributed by atoms with E-state index < -0.39 is 23.6 Å². The molecule has 0 aliphatic carbocycles. The van der Waals surface area contributed by atoms with Crippen molar-refractivity contribution in [1.29, 1.82) is 0 Å². The summed E-state index contributed by atoms with van der Waals surface area (Å²) in [6, 6.07) is 7.80. The van der Waals surface area contributed by atoms with Crippen LogP contribution in [-0.4, -0.2) is 38.3 Å². The van der Waals surface area contributed by atoms with Crippen LogP contribution >= 0.6 is 0 Å². The maximum absolute atomic E-state index is 13.5. The topological polar surface area (TPSA) is 88.7 Å². The van der Waals surface area contributed by atoms with Gasteiger partial charge in [0.05, 0.1) is 24.8 Å². The zero-order valence-corrected chi connectivity index (χ0v) is 17.5. The van der Waals surface area contributed by atoms with Crippen LogP contribution in [0.4, 0.5) is 19.3 Å². The number of halogens is 2. The van der Waals surface area contributed by atoms with Gasteiger partial charge in [0.1, 0.15) is 5.75 Å². The van der Waals surface area contributed by atoms with Gasteiger partial charge in [-0.25, -0.2) is 13.6 Å². The normalized spacial score (nSPS) is 18.2. The van der Waals surface area contributed by atoms with E-state index in [-0.39, 0.29) is 17.3 Å². The van der Waals surface area contributed by atoms with Gasteiger partial charge >= 0.3 is 6.09 Å². The smallest absolute Gasteiger partial charge is 0.407 e. The molecule has 1 saturated heterocycles. The molecule has 2 amide bonds. The molecule has 2 aromatic rings. The molecular weight excluding hydrogens is 420 g/mol. The maximum Gasteiger partial charge on any atom is 0.407 e. The average molecular weight is 445 g/mol. The van der Waals surface area contributed by atoms with Crippen LogP contribution in [0.15, 0.2) is 36.4 Å². The van der Waals surface area contributed by atoms with Gasteiger partial charge in [0.15, 0.2) is 11.6 Å². The molecule has 2 aliphatic heterocycles. The minimum atomic E-state index is -1.05. The van der Waals surface area contributed by atoms with E-state index in [2.05, 4.69) is 16.0 Å². The Kier molecular flexibility index (Phi) is 6.84. The molecule has 0 radical (unpaired) electrons. The highest BCUT2D eigenvalue weighted by molar-refractivity contribution is 6.06. The van der Waals surface area contributed by atoms with E-state index in [1.807, 2.05) is 0 Å². The minimum absolute atomic E-state index is 0.124. The van der Waals surface area contributed by atoms with E-state index in [9.17, 15) is 18.4 Å². The number of amides is 2. The van der Waals surface area contributed by atoms with E-state index in [4.69, 9.17) is 9.47 Å². The molecule has 1 fully saturated rings. The number of benzene rings is 2. The molecule has 1 atom stereocenters. The van der Waals surface area contributed by atoms with Gasteiger partial charge in [-0.05, 0) is 50.0 Å². The Bertz CT molecular complexity index is 995. The Balaban J connectivity index is 1.43. The number of rotatable bonds is 5. The predicted octanol–water partition coefficient (Wildman–Crippen LogP) is 3.77. The number of hydrogen-bond donors (Lipinski definition) is 3. The van der Waals surface area contributed by atoms with Gasteiger partial charge < -0.3 is 25.4 Å². The number of ether oxygens (including phenoxy) is 2. The molecule has 2 aliphatic rings. The first-order valence-corrected chi connectivity index (χ1v) is 10.7. The third-order valence-electron chi connectivity index (χ3n) is 5.70. The fourth-order valence-electron chi connectivity index (χ4n) is 3.95. The van der Waals surface area contributed by atoms with Crippen LogP contribution in [0, 0.1) is 17.6 Å². The van der Waals surface area contributed by atoms with Crippen LogP contribution in [0.5, 0.6) is 5.75 Å². The summed E-state index contributed by atoms with van der Waals surface area (Å²) in [6.07, 6.45) is 1.98. The maximum atomic E-state index is 13.5. The molecule has 3 N–H and O–H groups in total. The lowest BCUT2D eigenvalue weighted by molar-refractivity contribution is 0.102. The fraction of sp³-hybridized carbons (Fsp3) is 0.391. The van der Waals surface area contributed by atoms with Crippen LogP contribution in [0.1, 0.15) is 41.2 Å². The molecule has 0 aromatic heterocycles. The van der Waals surface area contributed by atoms with Crippen molar-refractivity contribution in [3.8, 4) is 5.75 Å². The van der Waals surface area contributed by atoms with E-state index in [1.165, 1.54) is 6.07 Å². The molecule has 9 heteroatoms.